The van der Waals surface area contributed by atoms with Gasteiger partial charge in [-0.2, -0.15) is 0 Å². The summed E-state index contributed by atoms with van der Waals surface area (Å²) in [6, 6.07) is 0. The van der Waals surface area contributed by atoms with Crippen molar-refractivity contribution in [1.29, 1.82) is 0 Å². The minimum absolute atomic E-state index is 0.239. The molecule has 0 radical (unpaired) electrons. The minimum atomic E-state index is -0.768. The van der Waals surface area contributed by atoms with E-state index >= 15 is 0 Å². The lowest BCUT2D eigenvalue weighted by atomic mass is 10.2. The van der Waals surface area contributed by atoms with Crippen molar-refractivity contribution in [3.63, 3.8) is 0 Å². The highest BCUT2D eigenvalue weighted by molar-refractivity contribution is 8.77. The van der Waals surface area contributed by atoms with Gasteiger partial charge in [-0.3, -0.25) is 4.57 Å². The lowest BCUT2D eigenvalue weighted by molar-refractivity contribution is -0.0430. The number of rotatable bonds is 6. The zero-order valence-corrected chi connectivity index (χ0v) is 14.2. The number of nitrogens with zero attached hydrogens (tertiary/aromatic N) is 4. The highest BCUT2D eigenvalue weighted by atomic mass is 33.1. The number of hydrogen-bond acceptors (Lipinski definition) is 9. The van der Waals surface area contributed by atoms with Crippen molar-refractivity contribution < 1.29 is 14.9 Å². The van der Waals surface area contributed by atoms with E-state index in [-0.39, 0.29) is 11.9 Å². The van der Waals surface area contributed by atoms with Gasteiger partial charge in [-0.1, -0.05) is 28.5 Å². The maximum atomic E-state index is 10.4. The number of hydrogen-bond donors (Lipinski definition) is 3. The fourth-order valence-corrected chi connectivity index (χ4v) is 5.35. The quantitative estimate of drug-likeness (QED) is 0.510. The monoisotopic (exact) mass is 357 g/mol. The van der Waals surface area contributed by atoms with Crippen LogP contribution in [0.15, 0.2) is 12.7 Å². The summed E-state index contributed by atoms with van der Waals surface area (Å²) in [4.78, 5) is 12.4. The number of aliphatic hydroxyl groups is 2. The van der Waals surface area contributed by atoms with E-state index < -0.39 is 18.4 Å². The van der Waals surface area contributed by atoms with E-state index in [0.717, 1.165) is 12.2 Å². The van der Waals surface area contributed by atoms with E-state index in [9.17, 15) is 10.2 Å². The molecule has 1 aliphatic rings. The molecule has 0 amide bonds. The number of anilines is 1. The molecular formula is C13H19N5O3S2. The molecule has 1 fully saturated rings. The Morgan fingerprint density at radius 3 is 2.96 bits per heavy atom. The summed E-state index contributed by atoms with van der Waals surface area (Å²) < 4.78 is 7.59. The summed E-state index contributed by atoms with van der Waals surface area (Å²) >= 11 is 0. The fourth-order valence-electron chi connectivity index (χ4n) is 2.46. The second-order valence-electron chi connectivity index (χ2n) is 5.20. The van der Waals surface area contributed by atoms with E-state index in [1.807, 2.05) is 0 Å². The number of nitrogen functional groups attached to an aromatic ring is 1. The lowest BCUT2D eigenvalue weighted by Gasteiger charge is -2.20. The van der Waals surface area contributed by atoms with Gasteiger partial charge in [0.25, 0.3) is 0 Å². The van der Waals surface area contributed by atoms with E-state index in [4.69, 9.17) is 10.5 Å². The Labute approximate surface area is 141 Å². The number of aliphatic hydroxyl groups excluding tert-OH is 2. The third-order valence-electron chi connectivity index (χ3n) is 3.62. The van der Waals surface area contributed by atoms with Crippen LogP contribution in [0.4, 0.5) is 5.82 Å². The Hall–Kier alpha value is -1.07. The summed E-state index contributed by atoms with van der Waals surface area (Å²) in [5.41, 5.74) is 6.87. The summed E-state index contributed by atoms with van der Waals surface area (Å²) in [5.74, 6) is 1.28. The third kappa shape index (κ3) is 3.13. The zero-order chi connectivity index (χ0) is 16.4. The van der Waals surface area contributed by atoms with Crippen molar-refractivity contribution in [2.75, 3.05) is 18.1 Å². The van der Waals surface area contributed by atoms with Crippen LogP contribution >= 0.6 is 21.6 Å². The standard InChI is InChI=1S/C13H19N5O3S2/c1-2-3-22-23-10-9(20)7(4-19)21-13(10)18-6-17-8-11(14)15-5-16-12(8)18/h5-7,9-10,13,19-20H,2-4H2,1H3,(H2,14,15,16)/t7-,9+,10?,13-/m1/s1. The molecule has 1 saturated heterocycles. The normalized spacial score (nSPS) is 27.8. The molecule has 4 atom stereocenters. The Bertz CT molecular complexity index is 670. The first-order valence-corrected chi connectivity index (χ1v) is 9.71. The van der Waals surface area contributed by atoms with Gasteiger partial charge in [-0.25, -0.2) is 15.0 Å². The van der Waals surface area contributed by atoms with Crippen LogP contribution in [0.3, 0.4) is 0 Å². The molecule has 2 aromatic heterocycles. The van der Waals surface area contributed by atoms with Gasteiger partial charge >= 0.3 is 0 Å². The molecule has 126 valence electrons. The summed E-state index contributed by atoms with van der Waals surface area (Å²) in [6.07, 6.45) is 2.14. The Morgan fingerprint density at radius 2 is 2.22 bits per heavy atom. The van der Waals surface area contributed by atoms with Crippen LogP contribution < -0.4 is 5.73 Å². The van der Waals surface area contributed by atoms with Crippen molar-refractivity contribution >= 4 is 38.6 Å². The fraction of sp³-hybridized carbons (Fsp3) is 0.615. The van der Waals surface area contributed by atoms with Crippen molar-refractivity contribution in [1.82, 2.24) is 19.5 Å². The lowest BCUT2D eigenvalue weighted by Crippen LogP contribution is -2.31. The zero-order valence-electron chi connectivity index (χ0n) is 12.6. The molecule has 0 spiro atoms. The molecule has 4 N–H and O–H groups in total. The predicted molar refractivity (Wildman–Crippen MR) is 90.9 cm³/mol. The van der Waals surface area contributed by atoms with Gasteiger partial charge in [0.1, 0.15) is 17.9 Å². The third-order valence-corrected chi connectivity index (χ3v) is 6.64. The molecule has 0 bridgehead atoms. The topological polar surface area (TPSA) is 119 Å². The average molecular weight is 357 g/mol. The molecule has 0 aliphatic carbocycles. The van der Waals surface area contributed by atoms with Crippen molar-refractivity contribution in [3.05, 3.63) is 12.7 Å². The maximum absolute atomic E-state index is 10.4. The molecule has 2 aromatic rings. The van der Waals surface area contributed by atoms with E-state index in [1.54, 1.807) is 32.5 Å². The van der Waals surface area contributed by atoms with Crippen molar-refractivity contribution in [2.24, 2.45) is 0 Å². The van der Waals surface area contributed by atoms with Crippen LogP contribution in [0.1, 0.15) is 19.6 Å². The molecule has 0 aromatic carbocycles. The van der Waals surface area contributed by atoms with Crippen molar-refractivity contribution in [3.8, 4) is 0 Å². The minimum Gasteiger partial charge on any atom is -0.394 e. The maximum Gasteiger partial charge on any atom is 0.167 e. The number of imidazole rings is 1. The summed E-state index contributed by atoms with van der Waals surface area (Å²) in [7, 11) is 3.24. The Kier molecular flexibility index (Phi) is 5.27. The second-order valence-corrected chi connectivity index (χ2v) is 7.87. The predicted octanol–water partition coefficient (Wildman–Crippen LogP) is 0.819. The van der Waals surface area contributed by atoms with Gasteiger partial charge in [-0.15, -0.1) is 0 Å². The van der Waals surface area contributed by atoms with Gasteiger partial charge in [0, 0.05) is 5.75 Å². The Balaban J connectivity index is 1.92. The number of ether oxygens (including phenoxy) is 1. The van der Waals surface area contributed by atoms with Gasteiger partial charge in [0.05, 0.1) is 24.3 Å². The summed E-state index contributed by atoms with van der Waals surface area (Å²) in [5, 5.41) is 19.6. The number of aromatic nitrogens is 4. The van der Waals surface area contributed by atoms with Gasteiger partial charge in [0.15, 0.2) is 17.7 Å². The highest BCUT2D eigenvalue weighted by Crippen LogP contribution is 2.43. The van der Waals surface area contributed by atoms with Crippen LogP contribution in [-0.4, -0.2) is 59.5 Å². The highest BCUT2D eigenvalue weighted by Gasteiger charge is 2.45. The molecule has 10 heteroatoms. The summed E-state index contributed by atoms with van der Waals surface area (Å²) in [6.45, 7) is 1.86. The average Bonchev–Trinajstić information content (AvgIpc) is 3.10. The Morgan fingerprint density at radius 1 is 1.39 bits per heavy atom. The molecule has 8 nitrogen and oxygen atoms in total. The van der Waals surface area contributed by atoms with Gasteiger partial charge < -0.3 is 20.7 Å². The van der Waals surface area contributed by atoms with Crippen LogP contribution in [0.2, 0.25) is 0 Å². The molecule has 0 saturated carbocycles. The molecular weight excluding hydrogens is 338 g/mol. The van der Waals surface area contributed by atoms with E-state index in [1.165, 1.54) is 6.33 Å². The van der Waals surface area contributed by atoms with Gasteiger partial charge in [-0.05, 0) is 6.42 Å². The SMILES string of the molecule is CCCSSC1[C@@H](O)[C@@H](CO)O[C@H]1n1cnc2c(N)ncnc21. The first-order chi connectivity index (χ1) is 11.2. The molecule has 1 unspecified atom stereocenters. The molecule has 3 rings (SSSR count). The number of nitrogens with two attached hydrogens (primary N) is 1. The van der Waals surface area contributed by atoms with Crippen LogP contribution in [0.25, 0.3) is 11.2 Å². The molecule has 3 heterocycles. The van der Waals surface area contributed by atoms with Gasteiger partial charge in [0.2, 0.25) is 0 Å². The van der Waals surface area contributed by atoms with E-state index in [0.29, 0.717) is 17.0 Å². The van der Waals surface area contributed by atoms with Crippen LogP contribution in [0, 0.1) is 0 Å². The molecule has 1 aliphatic heterocycles. The van der Waals surface area contributed by atoms with Crippen LogP contribution in [-0.2, 0) is 4.74 Å². The van der Waals surface area contributed by atoms with E-state index in [2.05, 4.69) is 21.9 Å². The smallest absolute Gasteiger partial charge is 0.167 e. The number of fused-ring (bicyclic) bond motifs is 1. The van der Waals surface area contributed by atoms with Crippen molar-refractivity contribution in [2.45, 2.75) is 37.0 Å². The second kappa shape index (κ2) is 7.22. The molecule has 23 heavy (non-hydrogen) atoms. The first-order valence-electron chi connectivity index (χ1n) is 7.33. The largest absolute Gasteiger partial charge is 0.394 e. The first kappa shape index (κ1) is 16.8. The van der Waals surface area contributed by atoms with Crippen LogP contribution in [0.5, 0.6) is 0 Å².